The fraction of sp³-hybridized carbons (Fsp3) is 0.316. The smallest absolute Gasteiger partial charge is 0.204 e. The van der Waals surface area contributed by atoms with Crippen molar-refractivity contribution in [2.24, 2.45) is 0 Å². The van der Waals surface area contributed by atoms with Gasteiger partial charge in [-0.25, -0.2) is 9.97 Å². The Bertz CT molecular complexity index is 1070. The minimum atomic E-state index is -1.08. The zero-order valence-corrected chi connectivity index (χ0v) is 15.0. The standard InChI is InChI=1S/C19H21N5O2/c1-4-19(3,26)9-8-12-6-7-13-15(25)14(17-21-10-11-22-17)16(20)24(5-2)18(13)23-12/h6-7,10-11,26H,4-5,20H2,1-3H3,(H,21,22). The summed E-state index contributed by atoms with van der Waals surface area (Å²) in [5, 5.41) is 10.5. The first kappa shape index (κ1) is 17.7. The molecule has 0 fully saturated rings. The van der Waals surface area contributed by atoms with Crippen molar-refractivity contribution in [3.8, 4) is 23.2 Å². The number of imidazole rings is 1. The number of aromatic amines is 1. The average Bonchev–Trinajstić information content (AvgIpc) is 3.14. The topological polar surface area (TPSA) is 110 Å². The molecular formula is C19H21N5O2. The van der Waals surface area contributed by atoms with Crippen molar-refractivity contribution in [1.29, 1.82) is 0 Å². The summed E-state index contributed by atoms with van der Waals surface area (Å²) in [4.78, 5) is 24.5. The molecule has 0 aliphatic carbocycles. The van der Waals surface area contributed by atoms with E-state index in [0.29, 0.717) is 46.9 Å². The van der Waals surface area contributed by atoms with Gasteiger partial charge in [-0.3, -0.25) is 4.79 Å². The highest BCUT2D eigenvalue weighted by Crippen LogP contribution is 2.23. The van der Waals surface area contributed by atoms with Crippen LogP contribution in [0.1, 0.15) is 32.9 Å². The Kier molecular flexibility index (Phi) is 4.53. The summed E-state index contributed by atoms with van der Waals surface area (Å²) in [7, 11) is 0. The summed E-state index contributed by atoms with van der Waals surface area (Å²) in [6.45, 7) is 5.96. The van der Waals surface area contributed by atoms with Gasteiger partial charge in [-0.1, -0.05) is 12.8 Å². The van der Waals surface area contributed by atoms with Crippen molar-refractivity contribution in [1.82, 2.24) is 19.5 Å². The second kappa shape index (κ2) is 6.65. The van der Waals surface area contributed by atoms with E-state index >= 15 is 0 Å². The summed E-state index contributed by atoms with van der Waals surface area (Å²) >= 11 is 0. The lowest BCUT2D eigenvalue weighted by Gasteiger charge is -2.15. The molecule has 0 radical (unpaired) electrons. The zero-order chi connectivity index (χ0) is 18.9. The summed E-state index contributed by atoms with van der Waals surface area (Å²) < 4.78 is 1.76. The van der Waals surface area contributed by atoms with Crippen molar-refractivity contribution in [2.75, 3.05) is 5.73 Å². The first-order valence-electron chi connectivity index (χ1n) is 8.46. The van der Waals surface area contributed by atoms with Crippen molar-refractivity contribution in [3.05, 3.63) is 40.4 Å². The van der Waals surface area contributed by atoms with Gasteiger partial charge in [0.1, 0.15) is 34.1 Å². The van der Waals surface area contributed by atoms with Crippen LogP contribution in [-0.2, 0) is 6.54 Å². The van der Waals surface area contributed by atoms with Crippen molar-refractivity contribution >= 4 is 16.9 Å². The van der Waals surface area contributed by atoms with Gasteiger partial charge in [0.05, 0.1) is 5.39 Å². The number of hydrogen-bond donors (Lipinski definition) is 3. The first-order chi connectivity index (χ1) is 12.4. The largest absolute Gasteiger partial charge is 0.384 e. The van der Waals surface area contributed by atoms with Crippen LogP contribution in [0, 0.1) is 11.8 Å². The summed E-state index contributed by atoms with van der Waals surface area (Å²) in [5.74, 6) is 6.41. The lowest BCUT2D eigenvalue weighted by molar-refractivity contribution is 0.118. The predicted octanol–water partition coefficient (Wildman–Crippen LogP) is 1.90. The van der Waals surface area contributed by atoms with Crippen LogP contribution in [0.2, 0.25) is 0 Å². The SMILES string of the molecule is CCn1c(N)c(-c2ncc[nH]2)c(=O)c2ccc(C#CC(C)(O)CC)nc21. The number of aromatic nitrogens is 4. The van der Waals surface area contributed by atoms with Crippen LogP contribution >= 0.6 is 0 Å². The van der Waals surface area contributed by atoms with Gasteiger partial charge < -0.3 is 20.4 Å². The number of nitrogens with one attached hydrogen (secondary N) is 1. The number of fused-ring (bicyclic) bond motifs is 1. The van der Waals surface area contributed by atoms with Gasteiger partial charge in [0.15, 0.2) is 0 Å². The van der Waals surface area contributed by atoms with Crippen LogP contribution in [0.15, 0.2) is 29.3 Å². The maximum atomic E-state index is 12.9. The van der Waals surface area contributed by atoms with Gasteiger partial charge in [-0.2, -0.15) is 0 Å². The minimum absolute atomic E-state index is 0.232. The van der Waals surface area contributed by atoms with Gasteiger partial charge in [-0.15, -0.1) is 0 Å². The number of nitrogens with two attached hydrogens (primary N) is 1. The van der Waals surface area contributed by atoms with E-state index in [1.54, 1.807) is 36.0 Å². The number of H-pyrrole nitrogens is 1. The molecule has 0 aromatic carbocycles. The van der Waals surface area contributed by atoms with E-state index in [9.17, 15) is 9.90 Å². The Hall–Kier alpha value is -3.11. The van der Waals surface area contributed by atoms with E-state index in [0.717, 1.165) is 0 Å². The van der Waals surface area contributed by atoms with Gasteiger partial charge in [0.25, 0.3) is 0 Å². The molecule has 3 aromatic rings. The Morgan fingerprint density at radius 3 is 2.77 bits per heavy atom. The highest BCUT2D eigenvalue weighted by Gasteiger charge is 2.18. The average molecular weight is 351 g/mol. The number of aryl methyl sites for hydroxylation is 1. The van der Waals surface area contributed by atoms with Gasteiger partial charge in [-0.05, 0) is 38.3 Å². The van der Waals surface area contributed by atoms with Crippen LogP contribution in [0.25, 0.3) is 22.4 Å². The number of pyridine rings is 2. The summed E-state index contributed by atoms with van der Waals surface area (Å²) in [6, 6.07) is 3.36. The number of aliphatic hydroxyl groups is 1. The molecular weight excluding hydrogens is 330 g/mol. The molecule has 0 aliphatic heterocycles. The minimum Gasteiger partial charge on any atom is -0.384 e. The van der Waals surface area contributed by atoms with Crippen LogP contribution in [-0.4, -0.2) is 30.2 Å². The van der Waals surface area contributed by atoms with Crippen molar-refractivity contribution < 1.29 is 5.11 Å². The fourth-order valence-corrected chi connectivity index (χ4v) is 2.64. The van der Waals surface area contributed by atoms with Crippen LogP contribution in [0.3, 0.4) is 0 Å². The quantitative estimate of drug-likeness (QED) is 0.624. The monoisotopic (exact) mass is 351 g/mol. The normalized spacial score (nSPS) is 13.2. The molecule has 0 saturated heterocycles. The van der Waals surface area contributed by atoms with Crippen molar-refractivity contribution in [2.45, 2.75) is 39.3 Å². The molecule has 7 nitrogen and oxygen atoms in total. The molecule has 1 unspecified atom stereocenters. The second-order valence-electron chi connectivity index (χ2n) is 6.22. The van der Waals surface area contributed by atoms with E-state index in [4.69, 9.17) is 5.73 Å². The first-order valence-corrected chi connectivity index (χ1v) is 8.46. The Morgan fingerprint density at radius 2 is 2.15 bits per heavy atom. The van der Waals surface area contributed by atoms with Crippen LogP contribution in [0.5, 0.6) is 0 Å². The molecule has 3 rings (SSSR count). The summed E-state index contributed by atoms with van der Waals surface area (Å²) in [6.07, 6.45) is 3.73. The Morgan fingerprint density at radius 1 is 1.38 bits per heavy atom. The molecule has 26 heavy (non-hydrogen) atoms. The molecule has 0 bridgehead atoms. The van der Waals surface area contributed by atoms with E-state index in [2.05, 4.69) is 26.8 Å². The third-order valence-electron chi connectivity index (χ3n) is 4.35. The molecule has 0 spiro atoms. The predicted molar refractivity (Wildman–Crippen MR) is 101 cm³/mol. The van der Waals surface area contributed by atoms with E-state index in [1.165, 1.54) is 0 Å². The molecule has 0 saturated carbocycles. The number of hydrogen-bond acceptors (Lipinski definition) is 5. The van der Waals surface area contributed by atoms with E-state index in [-0.39, 0.29) is 5.43 Å². The van der Waals surface area contributed by atoms with E-state index in [1.807, 2.05) is 13.8 Å². The Labute approximate surface area is 150 Å². The highest BCUT2D eigenvalue weighted by atomic mass is 16.3. The van der Waals surface area contributed by atoms with Crippen LogP contribution in [0.4, 0.5) is 5.82 Å². The number of rotatable bonds is 3. The highest BCUT2D eigenvalue weighted by molar-refractivity contribution is 5.86. The number of nitrogens with zero attached hydrogens (tertiary/aromatic N) is 3. The molecule has 0 aliphatic rings. The zero-order valence-electron chi connectivity index (χ0n) is 15.0. The van der Waals surface area contributed by atoms with Gasteiger partial charge >= 0.3 is 0 Å². The molecule has 134 valence electrons. The third-order valence-corrected chi connectivity index (χ3v) is 4.35. The molecule has 0 amide bonds. The van der Waals surface area contributed by atoms with Crippen LogP contribution < -0.4 is 11.2 Å². The summed E-state index contributed by atoms with van der Waals surface area (Å²) in [5.41, 5.74) is 6.21. The molecule has 1 atom stereocenters. The lowest BCUT2D eigenvalue weighted by atomic mass is 10.0. The van der Waals surface area contributed by atoms with Gasteiger partial charge in [0.2, 0.25) is 5.43 Å². The molecule has 3 aromatic heterocycles. The lowest BCUT2D eigenvalue weighted by Crippen LogP contribution is -2.20. The van der Waals surface area contributed by atoms with E-state index < -0.39 is 5.60 Å². The molecule has 4 N–H and O–H groups in total. The third kappa shape index (κ3) is 3.07. The number of nitrogen functional groups attached to an aromatic ring is 1. The number of anilines is 1. The Balaban J connectivity index is 2.26. The maximum Gasteiger partial charge on any atom is 0.204 e. The maximum absolute atomic E-state index is 12.9. The van der Waals surface area contributed by atoms with Crippen molar-refractivity contribution in [3.63, 3.8) is 0 Å². The fourth-order valence-electron chi connectivity index (χ4n) is 2.64. The molecule has 7 heteroatoms. The molecule has 3 heterocycles. The van der Waals surface area contributed by atoms with Gasteiger partial charge in [0, 0.05) is 18.9 Å². The second-order valence-corrected chi connectivity index (χ2v) is 6.22.